The molecule has 0 atom stereocenters. The predicted octanol–water partition coefficient (Wildman–Crippen LogP) is 14.0. The molecule has 0 N–H and O–H groups in total. The smallest absolute Gasteiger partial charge is 0.0231 e. The molecule has 0 fully saturated rings. The third-order valence-corrected chi connectivity index (χ3v) is 9.06. The largest absolute Gasteiger partial charge is 0.355 e. The van der Waals surface area contributed by atoms with Crippen molar-refractivity contribution >= 4 is 0 Å². The van der Waals surface area contributed by atoms with Crippen LogP contribution in [0.4, 0.5) is 0 Å². The summed E-state index contributed by atoms with van der Waals surface area (Å²) in [5, 5.41) is 0. The molecule has 256 valence electrons. The zero-order valence-electron chi connectivity index (χ0n) is 30.5. The van der Waals surface area contributed by atoms with Crippen LogP contribution in [0.25, 0.3) is 0 Å². The molecule has 2 heteroatoms. The van der Waals surface area contributed by atoms with Crippen LogP contribution in [0.5, 0.6) is 0 Å². The number of allylic oxidation sites excluding steroid dienone is 2. The Morgan fingerprint density at radius 2 is 0.605 bits per heavy atom. The molecule has 0 amide bonds. The number of hydrogen-bond donors (Lipinski definition) is 0. The first kappa shape index (κ1) is 42.2. The second-order valence-electron chi connectivity index (χ2n) is 13.9. The summed E-state index contributed by atoms with van der Waals surface area (Å²) in [7, 11) is 4.36. The second-order valence-corrected chi connectivity index (χ2v) is 13.9. The lowest BCUT2D eigenvalue weighted by molar-refractivity contribution is 0.369. The molecule has 0 saturated heterocycles. The molecule has 0 unspecified atom stereocenters. The van der Waals surface area contributed by atoms with Crippen LogP contribution in [0.15, 0.2) is 24.6 Å². The maximum absolute atomic E-state index is 2.44. The van der Waals surface area contributed by atoms with Gasteiger partial charge in [-0.2, -0.15) is 0 Å². The van der Waals surface area contributed by atoms with E-state index >= 15 is 0 Å². The van der Waals surface area contributed by atoms with E-state index in [2.05, 4.69) is 62.3 Å². The minimum atomic E-state index is 1.13. The summed E-state index contributed by atoms with van der Waals surface area (Å²) in [6.45, 7) is 6.90. The minimum absolute atomic E-state index is 1.13. The van der Waals surface area contributed by atoms with Gasteiger partial charge in [-0.15, -0.1) is 0 Å². The van der Waals surface area contributed by atoms with Crippen LogP contribution in [0.2, 0.25) is 0 Å². The highest BCUT2D eigenvalue weighted by molar-refractivity contribution is 4.92. The molecular formula is C41H82N2. The van der Waals surface area contributed by atoms with Crippen LogP contribution >= 0.6 is 0 Å². The summed E-state index contributed by atoms with van der Waals surface area (Å²) in [6.07, 6.45) is 53.5. The van der Waals surface area contributed by atoms with E-state index in [0.717, 1.165) is 13.1 Å². The molecule has 0 aliphatic rings. The first-order valence-electron chi connectivity index (χ1n) is 19.9. The fourth-order valence-corrected chi connectivity index (χ4v) is 6.10. The van der Waals surface area contributed by atoms with Gasteiger partial charge in [-0.05, 0) is 65.1 Å². The van der Waals surface area contributed by atoms with Crippen LogP contribution in [0.3, 0.4) is 0 Å². The molecule has 0 spiro atoms. The van der Waals surface area contributed by atoms with Crippen molar-refractivity contribution in [2.24, 2.45) is 0 Å². The maximum atomic E-state index is 2.44. The van der Waals surface area contributed by atoms with E-state index in [1.54, 1.807) is 0 Å². The van der Waals surface area contributed by atoms with E-state index in [1.165, 1.54) is 199 Å². The van der Waals surface area contributed by atoms with Gasteiger partial charge in [-0.25, -0.2) is 0 Å². The molecule has 0 heterocycles. The van der Waals surface area contributed by atoms with Crippen molar-refractivity contribution in [2.75, 3.05) is 27.2 Å². The van der Waals surface area contributed by atoms with E-state index in [4.69, 9.17) is 0 Å². The molecule has 0 aromatic carbocycles. The molecule has 2 nitrogen and oxygen atoms in total. The minimum Gasteiger partial charge on any atom is -0.355 e. The van der Waals surface area contributed by atoms with Crippen LogP contribution in [0, 0.1) is 0 Å². The van der Waals surface area contributed by atoms with Crippen LogP contribution in [0.1, 0.15) is 213 Å². The fourth-order valence-electron chi connectivity index (χ4n) is 6.10. The van der Waals surface area contributed by atoms with Gasteiger partial charge in [-0.1, -0.05) is 193 Å². The van der Waals surface area contributed by atoms with Crippen molar-refractivity contribution in [3.63, 3.8) is 0 Å². The first-order valence-corrected chi connectivity index (χ1v) is 19.9. The standard InChI is InChI=1S/C41H82N2/c1-5-7-9-11-13-15-17-19-21-23-25-27-29-31-33-35-39-43(41-37-38-42(3)4)40-36-34-32-30-28-26-24-22-20-18-16-14-12-10-8-6-2/h35-36,39-40H,5-34,37-38,41H2,1-4H3/b39-35+,40-36+. The Labute approximate surface area is 273 Å². The maximum Gasteiger partial charge on any atom is 0.0231 e. The second kappa shape index (κ2) is 37.4. The lowest BCUT2D eigenvalue weighted by Crippen LogP contribution is -2.19. The zero-order valence-corrected chi connectivity index (χ0v) is 30.5. The molecule has 0 aromatic heterocycles. The van der Waals surface area contributed by atoms with Crippen molar-refractivity contribution in [2.45, 2.75) is 213 Å². The Hall–Kier alpha value is -0.760. The fraction of sp³-hybridized carbons (Fsp3) is 0.902. The SMILES string of the molecule is CCCCCCCCCCCCCCCC/C=C/N(/C=C/CCCCCCCCCCCCCCCC)CCCN(C)C. The molecule has 0 saturated carbocycles. The third-order valence-electron chi connectivity index (χ3n) is 9.06. The van der Waals surface area contributed by atoms with Crippen molar-refractivity contribution < 1.29 is 0 Å². The van der Waals surface area contributed by atoms with E-state index in [0.29, 0.717) is 0 Å². The summed E-state index contributed by atoms with van der Waals surface area (Å²) in [5.74, 6) is 0. The molecule has 0 aliphatic carbocycles. The molecule has 0 rings (SSSR count). The monoisotopic (exact) mass is 603 g/mol. The van der Waals surface area contributed by atoms with Gasteiger partial charge in [0.25, 0.3) is 0 Å². The lowest BCUT2D eigenvalue weighted by Gasteiger charge is -2.17. The van der Waals surface area contributed by atoms with Crippen LogP contribution < -0.4 is 0 Å². The van der Waals surface area contributed by atoms with Crippen molar-refractivity contribution in [1.29, 1.82) is 0 Å². The number of unbranched alkanes of at least 4 members (excludes halogenated alkanes) is 28. The van der Waals surface area contributed by atoms with E-state index < -0.39 is 0 Å². The summed E-state index contributed by atoms with van der Waals surface area (Å²) in [5.41, 5.74) is 0. The average Bonchev–Trinajstić information content (AvgIpc) is 3.00. The Morgan fingerprint density at radius 1 is 0.326 bits per heavy atom. The van der Waals surface area contributed by atoms with Crippen molar-refractivity contribution in [1.82, 2.24) is 9.80 Å². The Morgan fingerprint density at radius 3 is 0.884 bits per heavy atom. The summed E-state index contributed by atoms with van der Waals surface area (Å²) >= 11 is 0. The zero-order chi connectivity index (χ0) is 31.3. The van der Waals surface area contributed by atoms with Gasteiger partial charge in [0, 0.05) is 6.54 Å². The Kier molecular flexibility index (Phi) is 36.8. The highest BCUT2D eigenvalue weighted by atomic mass is 15.1. The summed E-state index contributed by atoms with van der Waals surface area (Å²) in [6, 6.07) is 0. The first-order chi connectivity index (χ1) is 21.2. The molecule has 0 bridgehead atoms. The predicted molar refractivity (Wildman–Crippen MR) is 198 cm³/mol. The third kappa shape index (κ3) is 37.3. The molecular weight excluding hydrogens is 520 g/mol. The van der Waals surface area contributed by atoms with E-state index in [9.17, 15) is 0 Å². The van der Waals surface area contributed by atoms with E-state index in [-0.39, 0.29) is 0 Å². The average molecular weight is 603 g/mol. The molecule has 0 aliphatic heterocycles. The van der Waals surface area contributed by atoms with Gasteiger partial charge < -0.3 is 9.80 Å². The molecule has 43 heavy (non-hydrogen) atoms. The Bertz CT molecular complexity index is 510. The normalized spacial score (nSPS) is 12.0. The topological polar surface area (TPSA) is 6.48 Å². The quantitative estimate of drug-likeness (QED) is 0.0658. The van der Waals surface area contributed by atoms with Gasteiger partial charge in [0.2, 0.25) is 0 Å². The number of nitrogens with zero attached hydrogens (tertiary/aromatic N) is 2. The van der Waals surface area contributed by atoms with Gasteiger partial charge in [-0.3, -0.25) is 0 Å². The molecule has 0 aromatic rings. The van der Waals surface area contributed by atoms with Crippen molar-refractivity contribution in [3.05, 3.63) is 24.6 Å². The lowest BCUT2D eigenvalue weighted by atomic mass is 10.0. The van der Waals surface area contributed by atoms with Gasteiger partial charge in [0.1, 0.15) is 0 Å². The van der Waals surface area contributed by atoms with Gasteiger partial charge in [0.15, 0.2) is 0 Å². The van der Waals surface area contributed by atoms with Crippen molar-refractivity contribution in [3.8, 4) is 0 Å². The van der Waals surface area contributed by atoms with E-state index in [1.807, 2.05) is 0 Å². The van der Waals surface area contributed by atoms with Gasteiger partial charge in [0.05, 0.1) is 0 Å². The summed E-state index contributed by atoms with van der Waals surface area (Å²) in [4.78, 5) is 4.74. The summed E-state index contributed by atoms with van der Waals surface area (Å²) < 4.78 is 0. The molecule has 0 radical (unpaired) electrons. The van der Waals surface area contributed by atoms with Gasteiger partial charge >= 0.3 is 0 Å². The number of hydrogen-bond acceptors (Lipinski definition) is 2. The Balaban J connectivity index is 3.77. The van der Waals surface area contributed by atoms with Crippen LogP contribution in [-0.4, -0.2) is 37.0 Å². The highest BCUT2D eigenvalue weighted by Crippen LogP contribution is 2.15. The number of rotatable bonds is 36. The highest BCUT2D eigenvalue weighted by Gasteiger charge is 1.98. The van der Waals surface area contributed by atoms with Crippen LogP contribution in [-0.2, 0) is 0 Å².